The van der Waals surface area contributed by atoms with Gasteiger partial charge in [0.15, 0.2) is 0 Å². The van der Waals surface area contributed by atoms with Crippen LogP contribution in [-0.2, 0) is 6.54 Å². The van der Waals surface area contributed by atoms with Crippen molar-refractivity contribution in [1.29, 1.82) is 0 Å². The lowest BCUT2D eigenvalue weighted by atomic mass is 10.2. The molecule has 0 spiro atoms. The number of nitro groups is 1. The van der Waals surface area contributed by atoms with E-state index in [4.69, 9.17) is 9.26 Å². The van der Waals surface area contributed by atoms with E-state index in [-0.39, 0.29) is 18.1 Å². The van der Waals surface area contributed by atoms with Crippen LogP contribution in [0.15, 0.2) is 53.1 Å². The summed E-state index contributed by atoms with van der Waals surface area (Å²) in [5.41, 5.74) is 1.04. The van der Waals surface area contributed by atoms with E-state index < -0.39 is 4.92 Å². The molecule has 1 amide bonds. The first kappa shape index (κ1) is 19.0. The monoisotopic (exact) mass is 382 g/mol. The van der Waals surface area contributed by atoms with E-state index >= 15 is 0 Å². The summed E-state index contributed by atoms with van der Waals surface area (Å²) >= 11 is 0. The van der Waals surface area contributed by atoms with E-state index in [0.29, 0.717) is 23.8 Å². The highest BCUT2D eigenvalue weighted by Crippen LogP contribution is 2.20. The zero-order chi connectivity index (χ0) is 20.1. The minimum atomic E-state index is -0.509. The van der Waals surface area contributed by atoms with Crippen LogP contribution in [0, 0.1) is 10.1 Å². The third-order valence-electron chi connectivity index (χ3n) is 4.14. The van der Waals surface area contributed by atoms with Crippen molar-refractivity contribution in [2.24, 2.45) is 0 Å². The second-order valence-electron chi connectivity index (χ2n) is 5.86. The van der Waals surface area contributed by atoms with E-state index in [1.807, 2.05) is 19.1 Å². The van der Waals surface area contributed by atoms with Crippen LogP contribution in [0.1, 0.15) is 23.2 Å². The van der Waals surface area contributed by atoms with Gasteiger partial charge in [0, 0.05) is 29.8 Å². The average Bonchev–Trinajstić information content (AvgIpc) is 3.20. The quantitative estimate of drug-likeness (QED) is 0.455. The molecular formula is C19H18N4O5. The van der Waals surface area contributed by atoms with E-state index in [1.54, 1.807) is 19.2 Å². The normalized spacial score (nSPS) is 10.5. The van der Waals surface area contributed by atoms with Gasteiger partial charge in [-0.05, 0) is 43.3 Å². The fourth-order valence-electron chi connectivity index (χ4n) is 2.58. The number of non-ortho nitro benzene ring substituents is 1. The fourth-order valence-corrected chi connectivity index (χ4v) is 2.58. The first-order valence-corrected chi connectivity index (χ1v) is 8.52. The number of hydrogen-bond donors (Lipinski definition) is 0. The topological polar surface area (TPSA) is 112 Å². The number of amides is 1. The van der Waals surface area contributed by atoms with Crippen molar-refractivity contribution >= 4 is 11.6 Å². The zero-order valence-corrected chi connectivity index (χ0v) is 15.4. The van der Waals surface area contributed by atoms with Crippen molar-refractivity contribution in [2.75, 3.05) is 13.7 Å². The number of hydrogen-bond acceptors (Lipinski definition) is 7. The Kier molecular flexibility index (Phi) is 5.64. The lowest BCUT2D eigenvalue weighted by Gasteiger charge is -2.18. The first-order chi connectivity index (χ1) is 13.5. The Balaban J connectivity index is 1.72. The van der Waals surface area contributed by atoms with Crippen molar-refractivity contribution in [3.8, 4) is 17.1 Å². The predicted molar refractivity (Wildman–Crippen MR) is 99.8 cm³/mol. The van der Waals surface area contributed by atoms with Crippen LogP contribution < -0.4 is 4.74 Å². The zero-order valence-electron chi connectivity index (χ0n) is 15.4. The van der Waals surface area contributed by atoms with Gasteiger partial charge < -0.3 is 14.2 Å². The molecule has 0 bridgehead atoms. The number of ether oxygens (including phenoxy) is 1. The molecule has 0 atom stereocenters. The SMILES string of the molecule is CCN(Cc1nc(-c2ccc(OC)cc2)no1)C(=O)c1ccc([N+](=O)[O-])cc1. The van der Waals surface area contributed by atoms with Crippen LogP contribution in [0.4, 0.5) is 5.69 Å². The van der Waals surface area contributed by atoms with Crippen molar-refractivity contribution in [1.82, 2.24) is 15.0 Å². The summed E-state index contributed by atoms with van der Waals surface area (Å²) < 4.78 is 10.4. The lowest BCUT2D eigenvalue weighted by molar-refractivity contribution is -0.384. The Labute approximate surface area is 160 Å². The molecule has 0 aliphatic rings. The Morgan fingerprint density at radius 2 is 1.86 bits per heavy atom. The first-order valence-electron chi connectivity index (χ1n) is 8.52. The summed E-state index contributed by atoms with van der Waals surface area (Å²) in [4.78, 5) is 28.8. The molecule has 0 aliphatic carbocycles. The summed E-state index contributed by atoms with van der Waals surface area (Å²) in [6.45, 7) is 2.37. The maximum absolute atomic E-state index is 12.7. The van der Waals surface area contributed by atoms with E-state index in [1.165, 1.54) is 29.2 Å². The third kappa shape index (κ3) is 4.14. The minimum absolute atomic E-state index is 0.0689. The summed E-state index contributed by atoms with van der Waals surface area (Å²) in [5.74, 6) is 1.15. The summed E-state index contributed by atoms with van der Waals surface area (Å²) in [6.07, 6.45) is 0. The molecule has 0 N–H and O–H groups in total. The van der Waals surface area contributed by atoms with Gasteiger partial charge in [-0.1, -0.05) is 5.16 Å². The number of rotatable bonds is 7. The third-order valence-corrected chi connectivity index (χ3v) is 4.14. The molecule has 1 heterocycles. The van der Waals surface area contributed by atoms with Crippen LogP contribution in [0.25, 0.3) is 11.4 Å². The molecule has 0 saturated heterocycles. The molecule has 9 heteroatoms. The highest BCUT2D eigenvalue weighted by molar-refractivity contribution is 5.94. The molecule has 0 fully saturated rings. The van der Waals surface area contributed by atoms with Gasteiger partial charge in [0.2, 0.25) is 11.7 Å². The molecule has 3 rings (SSSR count). The number of benzene rings is 2. The van der Waals surface area contributed by atoms with Crippen molar-refractivity contribution in [3.63, 3.8) is 0 Å². The number of aromatic nitrogens is 2. The van der Waals surface area contributed by atoms with Crippen LogP contribution in [0.5, 0.6) is 5.75 Å². The van der Waals surface area contributed by atoms with Gasteiger partial charge in [-0.3, -0.25) is 14.9 Å². The number of carbonyl (C=O) groups is 1. The molecular weight excluding hydrogens is 364 g/mol. The largest absolute Gasteiger partial charge is 0.497 e. The Morgan fingerprint density at radius 1 is 1.18 bits per heavy atom. The second kappa shape index (κ2) is 8.30. The molecule has 3 aromatic rings. The van der Waals surface area contributed by atoms with Gasteiger partial charge >= 0.3 is 0 Å². The molecule has 0 aliphatic heterocycles. The number of nitro benzene ring substituents is 1. The minimum Gasteiger partial charge on any atom is -0.497 e. The van der Waals surface area contributed by atoms with E-state index in [9.17, 15) is 14.9 Å². The van der Waals surface area contributed by atoms with Crippen LogP contribution in [0.2, 0.25) is 0 Å². The van der Waals surface area contributed by atoms with Gasteiger partial charge in [-0.2, -0.15) is 4.98 Å². The molecule has 1 aromatic heterocycles. The maximum atomic E-state index is 12.7. The number of nitrogens with zero attached hydrogens (tertiary/aromatic N) is 4. The van der Waals surface area contributed by atoms with Crippen LogP contribution in [0.3, 0.4) is 0 Å². The molecule has 0 radical (unpaired) electrons. The number of carbonyl (C=O) groups excluding carboxylic acids is 1. The Hall–Kier alpha value is -3.75. The van der Waals surface area contributed by atoms with Gasteiger partial charge in [0.25, 0.3) is 11.6 Å². The van der Waals surface area contributed by atoms with Crippen LogP contribution in [-0.4, -0.2) is 39.5 Å². The van der Waals surface area contributed by atoms with E-state index in [0.717, 1.165) is 11.3 Å². The Morgan fingerprint density at radius 3 is 2.43 bits per heavy atom. The molecule has 2 aromatic carbocycles. The molecule has 28 heavy (non-hydrogen) atoms. The van der Waals surface area contributed by atoms with Gasteiger partial charge in [-0.15, -0.1) is 0 Å². The summed E-state index contributed by atoms with van der Waals surface area (Å²) in [7, 11) is 1.59. The second-order valence-corrected chi connectivity index (χ2v) is 5.86. The highest BCUT2D eigenvalue weighted by Gasteiger charge is 2.19. The van der Waals surface area contributed by atoms with Crippen LogP contribution >= 0.6 is 0 Å². The van der Waals surface area contributed by atoms with Crippen molar-refractivity contribution < 1.29 is 19.0 Å². The lowest BCUT2D eigenvalue weighted by Crippen LogP contribution is -2.30. The smallest absolute Gasteiger partial charge is 0.269 e. The predicted octanol–water partition coefficient (Wildman–Crippen LogP) is 3.32. The standard InChI is InChI=1S/C19H18N4O5/c1-3-22(19(24)14-4-8-15(9-5-14)23(25)26)12-17-20-18(21-28-17)13-6-10-16(27-2)11-7-13/h4-11H,3,12H2,1-2H3. The van der Waals surface area contributed by atoms with Gasteiger partial charge in [0.05, 0.1) is 12.0 Å². The molecule has 144 valence electrons. The summed E-state index contributed by atoms with van der Waals surface area (Å²) in [5, 5.41) is 14.7. The number of methoxy groups -OCH3 is 1. The fraction of sp³-hybridized carbons (Fsp3) is 0.211. The van der Waals surface area contributed by atoms with Crippen molar-refractivity contribution in [3.05, 3.63) is 70.1 Å². The van der Waals surface area contributed by atoms with E-state index in [2.05, 4.69) is 10.1 Å². The molecule has 0 unspecified atom stereocenters. The maximum Gasteiger partial charge on any atom is 0.269 e. The Bertz CT molecular complexity index is 967. The average molecular weight is 382 g/mol. The van der Waals surface area contributed by atoms with Crippen molar-refractivity contribution in [2.45, 2.75) is 13.5 Å². The molecule has 0 saturated carbocycles. The highest BCUT2D eigenvalue weighted by atomic mass is 16.6. The van der Waals surface area contributed by atoms with Gasteiger partial charge in [-0.25, -0.2) is 0 Å². The summed E-state index contributed by atoms with van der Waals surface area (Å²) in [6, 6.07) is 12.7. The van der Waals surface area contributed by atoms with Gasteiger partial charge in [0.1, 0.15) is 12.3 Å². The molecule has 9 nitrogen and oxygen atoms in total.